The van der Waals surface area contributed by atoms with E-state index in [0.717, 1.165) is 4.47 Å². The van der Waals surface area contributed by atoms with Crippen molar-refractivity contribution in [2.45, 2.75) is 0 Å². The maximum atomic E-state index is 3.54. The second-order valence-electron chi connectivity index (χ2n) is 7.98. The fourth-order valence-corrected chi connectivity index (χ4v) is 4.89. The summed E-state index contributed by atoms with van der Waals surface area (Å²) in [6.07, 6.45) is 0. The van der Waals surface area contributed by atoms with Crippen LogP contribution in [0.15, 0.2) is 126 Å². The van der Waals surface area contributed by atoms with Crippen molar-refractivity contribution in [1.29, 1.82) is 0 Å². The molecule has 152 valence electrons. The summed E-state index contributed by atoms with van der Waals surface area (Å²) in [5.41, 5.74) is 8.56. The molecule has 32 heavy (non-hydrogen) atoms. The Hall–Kier alpha value is -3.62. The molecule has 0 aliphatic rings. The number of benzene rings is 5. The molecule has 0 atom stereocenters. The molecule has 0 N–H and O–H groups in total. The first-order valence-electron chi connectivity index (χ1n) is 10.7. The third-order valence-electron chi connectivity index (χ3n) is 6.06. The third kappa shape index (κ3) is 3.16. The van der Waals surface area contributed by atoms with E-state index in [1.807, 2.05) is 0 Å². The van der Waals surface area contributed by atoms with Crippen molar-refractivity contribution >= 4 is 37.7 Å². The first-order chi connectivity index (χ1) is 15.8. The first kappa shape index (κ1) is 19.1. The Morgan fingerprint density at radius 2 is 1.19 bits per heavy atom. The average molecular weight is 474 g/mol. The van der Waals surface area contributed by atoms with Gasteiger partial charge in [0.1, 0.15) is 0 Å². The van der Waals surface area contributed by atoms with Gasteiger partial charge in [0, 0.05) is 20.9 Å². The molecule has 5 aromatic carbocycles. The van der Waals surface area contributed by atoms with Gasteiger partial charge < -0.3 is 4.57 Å². The van der Waals surface area contributed by atoms with Crippen LogP contribution in [-0.4, -0.2) is 4.57 Å². The summed E-state index contributed by atoms with van der Waals surface area (Å²) in [6.45, 7) is 0. The Bertz CT molecular complexity index is 1560. The van der Waals surface area contributed by atoms with E-state index in [4.69, 9.17) is 0 Å². The van der Waals surface area contributed by atoms with Crippen LogP contribution in [0.4, 0.5) is 0 Å². The molecule has 0 saturated heterocycles. The molecule has 0 aliphatic heterocycles. The summed E-state index contributed by atoms with van der Waals surface area (Å²) in [4.78, 5) is 0. The second-order valence-corrected chi connectivity index (χ2v) is 8.89. The van der Waals surface area contributed by atoms with Gasteiger partial charge in [0.15, 0.2) is 0 Å². The largest absolute Gasteiger partial charge is 0.309 e. The first-order valence-corrected chi connectivity index (χ1v) is 11.5. The molecule has 0 spiro atoms. The molecular formula is C30H20BrN. The minimum Gasteiger partial charge on any atom is -0.309 e. The maximum Gasteiger partial charge on any atom is 0.0547 e. The minimum atomic E-state index is 1.09. The fourth-order valence-electron chi connectivity index (χ4n) is 4.62. The summed E-state index contributed by atoms with van der Waals surface area (Å²) in [6, 6.07) is 43.3. The number of aromatic nitrogens is 1. The highest BCUT2D eigenvalue weighted by Gasteiger charge is 2.15. The van der Waals surface area contributed by atoms with Crippen molar-refractivity contribution in [2.24, 2.45) is 0 Å². The van der Waals surface area contributed by atoms with Crippen LogP contribution in [-0.2, 0) is 0 Å². The lowest BCUT2D eigenvalue weighted by molar-refractivity contribution is 1.18. The predicted molar refractivity (Wildman–Crippen MR) is 139 cm³/mol. The molecule has 0 fully saturated rings. The van der Waals surface area contributed by atoms with Gasteiger partial charge in [0.05, 0.1) is 11.0 Å². The van der Waals surface area contributed by atoms with E-state index < -0.39 is 0 Å². The van der Waals surface area contributed by atoms with Crippen LogP contribution >= 0.6 is 15.9 Å². The number of halogens is 1. The molecule has 0 bridgehead atoms. The number of nitrogens with zero attached hydrogens (tertiary/aromatic N) is 1. The molecule has 0 saturated carbocycles. The zero-order chi connectivity index (χ0) is 21.5. The number of rotatable bonds is 3. The lowest BCUT2D eigenvalue weighted by Gasteiger charge is -2.10. The molecule has 1 nitrogen and oxygen atoms in total. The van der Waals surface area contributed by atoms with Crippen molar-refractivity contribution in [3.05, 3.63) is 126 Å². The van der Waals surface area contributed by atoms with Gasteiger partial charge in [0.2, 0.25) is 0 Å². The van der Waals surface area contributed by atoms with E-state index in [0.29, 0.717) is 0 Å². The quantitative estimate of drug-likeness (QED) is 0.241. The number of hydrogen-bond acceptors (Lipinski definition) is 0. The maximum absolute atomic E-state index is 3.54. The second kappa shape index (κ2) is 7.81. The standard InChI is InChI=1S/C30H20BrN/c31-24-18-16-21(17-19-24)22-8-6-9-23(20-22)26-13-7-15-29-30(26)27-12-4-5-14-28(27)32(29)25-10-2-1-3-11-25/h1-20H. The lowest BCUT2D eigenvalue weighted by atomic mass is 9.96. The molecule has 6 rings (SSSR count). The molecule has 0 unspecified atom stereocenters. The third-order valence-corrected chi connectivity index (χ3v) is 6.59. The molecule has 1 heterocycles. The molecule has 0 aliphatic carbocycles. The molecule has 2 heteroatoms. The zero-order valence-corrected chi connectivity index (χ0v) is 19.0. The molecule has 6 aromatic rings. The van der Waals surface area contributed by atoms with Crippen LogP contribution in [0.1, 0.15) is 0 Å². The topological polar surface area (TPSA) is 4.93 Å². The van der Waals surface area contributed by atoms with Gasteiger partial charge >= 0.3 is 0 Å². The zero-order valence-electron chi connectivity index (χ0n) is 17.4. The van der Waals surface area contributed by atoms with Crippen LogP contribution < -0.4 is 0 Å². The van der Waals surface area contributed by atoms with Crippen molar-refractivity contribution in [3.63, 3.8) is 0 Å². The van der Waals surface area contributed by atoms with E-state index in [2.05, 4.69) is 142 Å². The highest BCUT2D eigenvalue weighted by molar-refractivity contribution is 9.10. The summed E-state index contributed by atoms with van der Waals surface area (Å²) in [7, 11) is 0. The summed E-state index contributed by atoms with van der Waals surface area (Å²) in [5.74, 6) is 0. The van der Waals surface area contributed by atoms with Gasteiger partial charge in [-0.3, -0.25) is 0 Å². The van der Waals surface area contributed by atoms with E-state index in [1.54, 1.807) is 0 Å². The number of para-hydroxylation sites is 2. The lowest BCUT2D eigenvalue weighted by Crippen LogP contribution is -1.92. The highest BCUT2D eigenvalue weighted by Crippen LogP contribution is 2.39. The molecule has 1 aromatic heterocycles. The highest BCUT2D eigenvalue weighted by atomic mass is 79.9. The Morgan fingerprint density at radius 3 is 2.03 bits per heavy atom. The number of hydrogen-bond donors (Lipinski definition) is 0. The van der Waals surface area contributed by atoms with Crippen molar-refractivity contribution in [3.8, 4) is 27.9 Å². The van der Waals surface area contributed by atoms with Gasteiger partial charge in [-0.1, -0.05) is 94.8 Å². The van der Waals surface area contributed by atoms with Gasteiger partial charge in [0.25, 0.3) is 0 Å². The fraction of sp³-hybridized carbons (Fsp3) is 0. The van der Waals surface area contributed by atoms with E-state index in [1.165, 1.54) is 49.7 Å². The van der Waals surface area contributed by atoms with Crippen LogP contribution in [0.25, 0.3) is 49.7 Å². The molecule has 0 radical (unpaired) electrons. The van der Waals surface area contributed by atoms with Crippen molar-refractivity contribution < 1.29 is 0 Å². The van der Waals surface area contributed by atoms with Crippen LogP contribution in [0.3, 0.4) is 0 Å². The normalized spacial score (nSPS) is 11.3. The van der Waals surface area contributed by atoms with E-state index in [9.17, 15) is 0 Å². The smallest absolute Gasteiger partial charge is 0.0547 e. The van der Waals surface area contributed by atoms with Gasteiger partial charge in [-0.05, 0) is 64.7 Å². The monoisotopic (exact) mass is 473 g/mol. The van der Waals surface area contributed by atoms with Crippen molar-refractivity contribution in [1.82, 2.24) is 4.57 Å². The number of fused-ring (bicyclic) bond motifs is 3. The summed E-state index contributed by atoms with van der Waals surface area (Å²) in [5, 5.41) is 2.57. The Labute approximate surface area is 195 Å². The molecule has 0 amide bonds. The summed E-state index contributed by atoms with van der Waals surface area (Å²) >= 11 is 3.54. The molecular weight excluding hydrogens is 454 g/mol. The van der Waals surface area contributed by atoms with Crippen LogP contribution in [0.2, 0.25) is 0 Å². The Morgan fingerprint density at radius 1 is 0.500 bits per heavy atom. The van der Waals surface area contributed by atoms with Gasteiger partial charge in [-0.25, -0.2) is 0 Å². The van der Waals surface area contributed by atoms with Gasteiger partial charge in [-0.2, -0.15) is 0 Å². The van der Waals surface area contributed by atoms with Gasteiger partial charge in [-0.15, -0.1) is 0 Å². The Balaban J connectivity index is 1.62. The Kier molecular flexibility index (Phi) is 4.66. The van der Waals surface area contributed by atoms with E-state index in [-0.39, 0.29) is 0 Å². The van der Waals surface area contributed by atoms with E-state index >= 15 is 0 Å². The average Bonchev–Trinajstić information content (AvgIpc) is 3.20. The van der Waals surface area contributed by atoms with Crippen LogP contribution in [0, 0.1) is 0 Å². The van der Waals surface area contributed by atoms with Crippen molar-refractivity contribution in [2.75, 3.05) is 0 Å². The predicted octanol–water partition coefficient (Wildman–Crippen LogP) is 8.88. The van der Waals surface area contributed by atoms with Crippen LogP contribution in [0.5, 0.6) is 0 Å². The SMILES string of the molecule is Brc1ccc(-c2cccc(-c3cccc4c3c3ccccc3n4-c3ccccc3)c2)cc1. The summed E-state index contributed by atoms with van der Waals surface area (Å²) < 4.78 is 3.46. The minimum absolute atomic E-state index is 1.09.